The van der Waals surface area contributed by atoms with Crippen molar-refractivity contribution in [2.45, 2.75) is 0 Å². The number of hydrogen-bond donors (Lipinski definition) is 0. The van der Waals surface area contributed by atoms with E-state index in [0.717, 1.165) is 34.4 Å². The van der Waals surface area contributed by atoms with E-state index in [1.807, 2.05) is 112 Å². The van der Waals surface area contributed by atoms with Gasteiger partial charge in [0.15, 0.2) is 0 Å². The molecule has 0 aliphatic carbocycles. The largest absolute Gasteiger partial charge is 0.349 e. The van der Waals surface area contributed by atoms with Crippen LogP contribution in [0.5, 0.6) is 0 Å². The lowest BCUT2D eigenvalue weighted by Gasteiger charge is -2.24. The molecule has 0 N–H and O–H groups in total. The number of nitrogens with zero attached hydrogens (tertiary/aromatic N) is 6. The number of hydrogen-bond acceptors (Lipinski definition) is 2. The number of para-hydroxylation sites is 2. The molecule has 0 spiro atoms. The van der Waals surface area contributed by atoms with E-state index in [9.17, 15) is 0 Å². The van der Waals surface area contributed by atoms with Gasteiger partial charge in [-0.05, 0) is 12.1 Å². The number of benzene rings is 2. The van der Waals surface area contributed by atoms with E-state index in [0.29, 0.717) is 0 Å². The third kappa shape index (κ3) is 5.03. The van der Waals surface area contributed by atoms with Crippen molar-refractivity contribution in [1.82, 2.24) is 19.6 Å². The van der Waals surface area contributed by atoms with Crippen LogP contribution >= 0.6 is 0 Å². The Bertz CT molecular complexity index is 758. The van der Waals surface area contributed by atoms with Crippen molar-refractivity contribution in [2.24, 2.45) is 9.98 Å². The zero-order chi connectivity index (χ0) is 20.8. The smallest absolute Gasteiger partial charge is 0.200 e. The Morgan fingerprint density at radius 3 is 1.07 bits per heavy atom. The third-order valence-corrected chi connectivity index (χ3v) is 4.14. The van der Waals surface area contributed by atoms with Gasteiger partial charge in [0.1, 0.15) is 0 Å². The van der Waals surface area contributed by atoms with Gasteiger partial charge < -0.3 is 19.6 Å². The van der Waals surface area contributed by atoms with Gasteiger partial charge in [-0.1, -0.05) is 36.4 Å². The van der Waals surface area contributed by atoms with E-state index in [2.05, 4.69) is 12.1 Å². The maximum Gasteiger partial charge on any atom is 0.200 e. The maximum atomic E-state index is 4.92. The Morgan fingerprint density at radius 2 is 0.786 bits per heavy atom. The van der Waals surface area contributed by atoms with Crippen molar-refractivity contribution in [1.29, 1.82) is 0 Å². The summed E-state index contributed by atoms with van der Waals surface area (Å²) in [7, 11) is 16.0. The molecule has 0 radical (unpaired) electrons. The summed E-state index contributed by atoms with van der Waals surface area (Å²) >= 11 is 0. The lowest BCUT2D eigenvalue weighted by Crippen LogP contribution is -2.35. The molecule has 2 aromatic rings. The molecule has 0 heterocycles. The Kier molecular flexibility index (Phi) is 7.04. The van der Waals surface area contributed by atoms with Gasteiger partial charge in [-0.15, -0.1) is 0 Å². The predicted molar refractivity (Wildman–Crippen MR) is 121 cm³/mol. The minimum absolute atomic E-state index is 0.885. The van der Waals surface area contributed by atoms with Gasteiger partial charge in [0.25, 0.3) is 0 Å². The highest BCUT2D eigenvalue weighted by molar-refractivity contribution is 5.91. The van der Waals surface area contributed by atoms with Crippen LogP contribution in [0.3, 0.4) is 0 Å². The lowest BCUT2D eigenvalue weighted by molar-refractivity contribution is 0.484. The van der Waals surface area contributed by atoms with Crippen LogP contribution in [0.25, 0.3) is 11.1 Å². The van der Waals surface area contributed by atoms with Crippen LogP contribution in [-0.2, 0) is 0 Å². The minimum Gasteiger partial charge on any atom is -0.349 e. The molecule has 2 aromatic carbocycles. The first-order valence-corrected chi connectivity index (χ1v) is 9.27. The summed E-state index contributed by atoms with van der Waals surface area (Å²) in [5.41, 5.74) is 3.94. The van der Waals surface area contributed by atoms with Gasteiger partial charge in [-0.3, -0.25) is 0 Å². The predicted octanol–water partition coefficient (Wildman–Crippen LogP) is 3.58. The molecule has 6 heteroatoms. The molecule has 6 nitrogen and oxygen atoms in total. The Labute approximate surface area is 169 Å². The van der Waals surface area contributed by atoms with Gasteiger partial charge in [-0.2, -0.15) is 0 Å². The average molecular weight is 381 g/mol. The van der Waals surface area contributed by atoms with Crippen molar-refractivity contribution in [2.75, 3.05) is 56.4 Å². The summed E-state index contributed by atoms with van der Waals surface area (Å²) in [6.07, 6.45) is 0. The van der Waals surface area contributed by atoms with E-state index in [4.69, 9.17) is 9.98 Å². The monoisotopic (exact) mass is 380 g/mol. The average Bonchev–Trinajstić information content (AvgIpc) is 2.63. The van der Waals surface area contributed by atoms with E-state index in [1.165, 1.54) is 0 Å². The van der Waals surface area contributed by atoms with Crippen LogP contribution < -0.4 is 0 Å². The highest BCUT2D eigenvalue weighted by Crippen LogP contribution is 2.36. The first kappa shape index (κ1) is 21.3. The van der Waals surface area contributed by atoms with Gasteiger partial charge in [0.2, 0.25) is 11.9 Å². The van der Waals surface area contributed by atoms with Crippen LogP contribution in [0, 0.1) is 0 Å². The van der Waals surface area contributed by atoms with Gasteiger partial charge in [0.05, 0.1) is 11.4 Å². The van der Waals surface area contributed by atoms with E-state index in [1.54, 1.807) is 0 Å². The van der Waals surface area contributed by atoms with Crippen LogP contribution in [-0.4, -0.2) is 87.9 Å². The fraction of sp³-hybridized carbons (Fsp3) is 0.364. The van der Waals surface area contributed by atoms with Crippen LogP contribution in [0.2, 0.25) is 0 Å². The van der Waals surface area contributed by atoms with Crippen molar-refractivity contribution in [3.8, 4) is 11.1 Å². The Morgan fingerprint density at radius 1 is 0.500 bits per heavy atom. The van der Waals surface area contributed by atoms with Gasteiger partial charge in [-0.25, -0.2) is 9.98 Å². The fourth-order valence-electron chi connectivity index (χ4n) is 3.01. The molecule has 0 bridgehead atoms. The van der Waals surface area contributed by atoms with Crippen LogP contribution in [0.15, 0.2) is 58.5 Å². The maximum absolute atomic E-state index is 4.92. The first-order chi connectivity index (χ1) is 13.2. The molecule has 2 rings (SSSR count). The molecular formula is C22H32N6. The van der Waals surface area contributed by atoms with Crippen molar-refractivity contribution < 1.29 is 0 Å². The lowest BCUT2D eigenvalue weighted by atomic mass is 10.0. The molecule has 0 saturated carbocycles. The van der Waals surface area contributed by atoms with Crippen LogP contribution in [0.4, 0.5) is 11.4 Å². The van der Waals surface area contributed by atoms with E-state index < -0.39 is 0 Å². The summed E-state index contributed by atoms with van der Waals surface area (Å²) < 4.78 is 0. The molecular weight excluding hydrogens is 348 g/mol. The zero-order valence-corrected chi connectivity index (χ0v) is 18.3. The van der Waals surface area contributed by atoms with E-state index >= 15 is 0 Å². The molecule has 150 valence electrons. The molecule has 0 atom stereocenters. The van der Waals surface area contributed by atoms with Gasteiger partial charge >= 0.3 is 0 Å². The summed E-state index contributed by atoms with van der Waals surface area (Å²) in [6.45, 7) is 0. The molecule has 0 aromatic heterocycles. The molecule has 0 saturated heterocycles. The van der Waals surface area contributed by atoms with Crippen molar-refractivity contribution in [3.63, 3.8) is 0 Å². The molecule has 28 heavy (non-hydrogen) atoms. The third-order valence-electron chi connectivity index (χ3n) is 4.14. The van der Waals surface area contributed by atoms with Crippen molar-refractivity contribution in [3.05, 3.63) is 48.5 Å². The molecule has 0 unspecified atom stereocenters. The summed E-state index contributed by atoms with van der Waals surface area (Å²) in [5, 5.41) is 0. The Hall–Kier alpha value is -3.02. The second-order valence-corrected chi connectivity index (χ2v) is 7.44. The van der Waals surface area contributed by atoms with Gasteiger partial charge in [0, 0.05) is 67.5 Å². The highest BCUT2D eigenvalue weighted by atomic mass is 15.3. The topological polar surface area (TPSA) is 37.7 Å². The zero-order valence-electron chi connectivity index (χ0n) is 18.3. The highest BCUT2D eigenvalue weighted by Gasteiger charge is 2.13. The summed E-state index contributed by atoms with van der Waals surface area (Å²) in [6, 6.07) is 16.4. The normalized spacial score (nSPS) is 10.1. The van der Waals surface area contributed by atoms with Crippen molar-refractivity contribution >= 4 is 23.3 Å². The van der Waals surface area contributed by atoms with Crippen LogP contribution in [0.1, 0.15) is 0 Å². The first-order valence-electron chi connectivity index (χ1n) is 9.27. The molecule has 0 fully saturated rings. The summed E-state index contributed by atoms with van der Waals surface area (Å²) in [5.74, 6) is 1.77. The Balaban J connectivity index is 2.66. The number of rotatable bonds is 3. The minimum atomic E-state index is 0.885. The quantitative estimate of drug-likeness (QED) is 0.603. The summed E-state index contributed by atoms with van der Waals surface area (Å²) in [4.78, 5) is 17.9. The molecule has 0 aliphatic heterocycles. The second kappa shape index (κ2) is 9.26. The second-order valence-electron chi connectivity index (χ2n) is 7.44. The molecule has 0 amide bonds. The number of aliphatic imine (C=N–C) groups is 2. The van der Waals surface area contributed by atoms with E-state index in [-0.39, 0.29) is 0 Å². The standard InChI is InChI=1S/C22H32N6/c1-25(2)21(26(3)4)23-19-15-11-9-13-17(19)18-14-10-12-16-20(18)24-22(27(5)6)28(7)8/h9-16H,1-8H3. The molecule has 0 aliphatic rings. The number of guanidine groups is 2. The fourth-order valence-corrected chi connectivity index (χ4v) is 3.01. The SMILES string of the molecule is CN(C)C(=Nc1ccccc1-c1ccccc1N=C(N(C)C)N(C)C)N(C)C.